The first-order valence-corrected chi connectivity index (χ1v) is 14.2. The molecule has 3 rings (SSSR count). The highest BCUT2D eigenvalue weighted by atomic mass is 16.5. The average Bonchev–Trinajstić information content (AvgIpc) is 2.93. The minimum Gasteiger partial charge on any atom is -0.378 e. The minimum atomic E-state index is -0.137. The monoisotopic (exact) mass is 542 g/mol. The van der Waals surface area contributed by atoms with E-state index in [2.05, 4.69) is 57.0 Å². The number of nitrogens with zero attached hydrogens (tertiary/aromatic N) is 3. The van der Waals surface area contributed by atoms with Crippen molar-refractivity contribution >= 4 is 23.8 Å². The largest absolute Gasteiger partial charge is 0.378 e. The minimum absolute atomic E-state index is 0.137. The van der Waals surface area contributed by atoms with Crippen LogP contribution in [0.4, 0.5) is 17.8 Å². The maximum Gasteiger partial charge on any atom is 0.251 e. The summed E-state index contributed by atoms with van der Waals surface area (Å²) < 4.78 is 10.7. The van der Waals surface area contributed by atoms with Crippen molar-refractivity contribution in [2.75, 3.05) is 62.0 Å². The summed E-state index contributed by atoms with van der Waals surface area (Å²) in [6.07, 6.45) is 5.07. The Kier molecular flexibility index (Phi) is 13.2. The Morgan fingerprint density at radius 3 is 2.23 bits per heavy atom. The molecule has 6 N–H and O–H groups in total. The van der Waals surface area contributed by atoms with Gasteiger partial charge < -0.3 is 36.5 Å². The average molecular weight is 543 g/mol. The van der Waals surface area contributed by atoms with Gasteiger partial charge in [0.1, 0.15) is 0 Å². The summed E-state index contributed by atoms with van der Waals surface area (Å²) in [5, 5.41) is 12.9. The number of nitrogens with one attached hydrogen (secondary N) is 4. The Morgan fingerprint density at radius 1 is 0.923 bits per heavy atom. The number of aromatic nitrogens is 3. The number of hydrogen-bond donors (Lipinski definition) is 5. The van der Waals surface area contributed by atoms with E-state index in [1.54, 1.807) is 0 Å². The number of ether oxygens (including phenoxy) is 2. The van der Waals surface area contributed by atoms with Crippen molar-refractivity contribution in [1.29, 1.82) is 0 Å². The van der Waals surface area contributed by atoms with Crippen LogP contribution in [0.2, 0.25) is 0 Å². The molecular weight excluding hydrogens is 496 g/mol. The van der Waals surface area contributed by atoms with E-state index in [4.69, 9.17) is 15.2 Å². The summed E-state index contributed by atoms with van der Waals surface area (Å²) in [4.78, 5) is 26.1. The third-order valence-corrected chi connectivity index (χ3v) is 6.57. The van der Waals surface area contributed by atoms with Gasteiger partial charge >= 0.3 is 0 Å². The summed E-state index contributed by atoms with van der Waals surface area (Å²) in [5.41, 5.74) is 6.97. The van der Waals surface area contributed by atoms with Crippen LogP contribution in [0.3, 0.4) is 0 Å². The molecule has 216 valence electrons. The third kappa shape index (κ3) is 11.7. The molecule has 11 heteroatoms. The Labute approximate surface area is 232 Å². The molecule has 39 heavy (non-hydrogen) atoms. The molecule has 2 aromatic rings. The predicted molar refractivity (Wildman–Crippen MR) is 155 cm³/mol. The van der Waals surface area contributed by atoms with Gasteiger partial charge in [0, 0.05) is 37.8 Å². The van der Waals surface area contributed by atoms with Crippen molar-refractivity contribution in [2.45, 2.75) is 59.0 Å². The molecule has 1 amide bonds. The zero-order valence-corrected chi connectivity index (χ0v) is 23.7. The van der Waals surface area contributed by atoms with Crippen molar-refractivity contribution in [3.8, 4) is 0 Å². The second kappa shape index (κ2) is 16.8. The molecule has 0 spiro atoms. The fourth-order valence-electron chi connectivity index (χ4n) is 4.32. The van der Waals surface area contributed by atoms with Crippen molar-refractivity contribution in [2.24, 2.45) is 17.6 Å². The quantitative estimate of drug-likeness (QED) is 0.189. The van der Waals surface area contributed by atoms with Gasteiger partial charge in [-0.1, -0.05) is 31.9 Å². The number of benzene rings is 1. The molecule has 1 aromatic heterocycles. The molecule has 0 saturated heterocycles. The van der Waals surface area contributed by atoms with E-state index in [0.29, 0.717) is 75.4 Å². The van der Waals surface area contributed by atoms with Crippen molar-refractivity contribution < 1.29 is 14.3 Å². The van der Waals surface area contributed by atoms with Crippen LogP contribution < -0.4 is 27.0 Å². The van der Waals surface area contributed by atoms with Crippen LogP contribution in [-0.2, 0) is 16.0 Å². The van der Waals surface area contributed by atoms with E-state index in [1.807, 2.05) is 24.3 Å². The van der Waals surface area contributed by atoms with Crippen LogP contribution in [0.15, 0.2) is 24.3 Å². The number of carbonyl (C=O) groups is 1. The van der Waals surface area contributed by atoms with E-state index in [-0.39, 0.29) is 11.9 Å². The topological polar surface area (TPSA) is 148 Å². The zero-order chi connectivity index (χ0) is 27.9. The van der Waals surface area contributed by atoms with E-state index in [1.165, 1.54) is 25.7 Å². The van der Waals surface area contributed by atoms with Crippen molar-refractivity contribution in [3.63, 3.8) is 0 Å². The van der Waals surface area contributed by atoms with Crippen LogP contribution in [0, 0.1) is 11.8 Å². The summed E-state index contributed by atoms with van der Waals surface area (Å²) in [7, 11) is 0. The normalized spacial score (nSPS) is 17.2. The van der Waals surface area contributed by atoms with Crippen molar-refractivity contribution in [3.05, 3.63) is 35.4 Å². The molecule has 0 aliphatic heterocycles. The number of amides is 1. The van der Waals surface area contributed by atoms with Gasteiger partial charge in [-0.2, -0.15) is 15.0 Å². The lowest BCUT2D eigenvalue weighted by Crippen LogP contribution is -2.27. The number of hydrogen-bond acceptors (Lipinski definition) is 10. The number of carbonyl (C=O) groups excluding carboxylic acids is 1. The maximum atomic E-state index is 12.4. The third-order valence-electron chi connectivity index (χ3n) is 6.57. The lowest BCUT2D eigenvalue weighted by Gasteiger charge is -2.26. The fraction of sp³-hybridized carbons (Fsp3) is 0.643. The molecular formula is C28H46N8O3. The molecule has 0 bridgehead atoms. The SMILES string of the molecule is CC1CCC(CNc2nc(NCc3ccc(C(=O)NCCOCCOCCN)cc3)nc(NC(C)C)n2)CC1. The van der Waals surface area contributed by atoms with Gasteiger partial charge in [-0.3, -0.25) is 4.79 Å². The molecule has 0 atom stereocenters. The van der Waals surface area contributed by atoms with Crippen molar-refractivity contribution in [1.82, 2.24) is 20.3 Å². The van der Waals surface area contributed by atoms with Gasteiger partial charge in [0.05, 0.1) is 26.4 Å². The van der Waals surface area contributed by atoms with E-state index >= 15 is 0 Å². The highest BCUT2D eigenvalue weighted by molar-refractivity contribution is 5.94. The fourth-order valence-corrected chi connectivity index (χ4v) is 4.32. The number of anilines is 3. The highest BCUT2D eigenvalue weighted by Gasteiger charge is 2.18. The van der Waals surface area contributed by atoms with Gasteiger partial charge in [0.2, 0.25) is 17.8 Å². The first kappa shape index (κ1) is 30.5. The van der Waals surface area contributed by atoms with E-state index in [0.717, 1.165) is 18.0 Å². The standard InChI is InChI=1S/C28H46N8O3/c1-20(2)33-28-35-26(31-18-22-6-4-21(3)5-7-22)34-27(36-28)32-19-23-8-10-24(11-9-23)25(37)30-13-15-39-17-16-38-14-12-29/h8-11,20-22H,4-7,12-19,29H2,1-3H3,(H,30,37)(H3,31,32,33,34,35,36). The molecule has 1 aliphatic rings. The summed E-state index contributed by atoms with van der Waals surface area (Å²) in [6.45, 7) is 10.7. The Balaban J connectivity index is 1.46. The molecule has 1 aliphatic carbocycles. The van der Waals surface area contributed by atoms with Gasteiger partial charge in [-0.05, 0) is 56.2 Å². The summed E-state index contributed by atoms with van der Waals surface area (Å²) in [5.74, 6) is 2.97. The van der Waals surface area contributed by atoms with Gasteiger partial charge in [-0.15, -0.1) is 0 Å². The lowest BCUT2D eigenvalue weighted by molar-refractivity contribution is 0.0511. The Bertz CT molecular complexity index is 981. The zero-order valence-electron chi connectivity index (χ0n) is 23.7. The predicted octanol–water partition coefficient (Wildman–Crippen LogP) is 3.26. The first-order chi connectivity index (χ1) is 18.9. The van der Waals surface area contributed by atoms with Gasteiger partial charge in [0.15, 0.2) is 0 Å². The Morgan fingerprint density at radius 2 is 1.56 bits per heavy atom. The summed E-state index contributed by atoms with van der Waals surface area (Å²) in [6, 6.07) is 7.67. The van der Waals surface area contributed by atoms with Crippen LogP contribution in [0.5, 0.6) is 0 Å². The second-order valence-electron chi connectivity index (χ2n) is 10.4. The molecule has 11 nitrogen and oxygen atoms in total. The van der Waals surface area contributed by atoms with Crippen LogP contribution >= 0.6 is 0 Å². The summed E-state index contributed by atoms with van der Waals surface area (Å²) >= 11 is 0. The van der Waals surface area contributed by atoms with Crippen LogP contribution in [0.25, 0.3) is 0 Å². The molecule has 1 fully saturated rings. The van der Waals surface area contributed by atoms with E-state index < -0.39 is 0 Å². The molecule has 1 saturated carbocycles. The smallest absolute Gasteiger partial charge is 0.251 e. The lowest BCUT2D eigenvalue weighted by atomic mass is 9.83. The van der Waals surface area contributed by atoms with E-state index in [9.17, 15) is 4.79 Å². The van der Waals surface area contributed by atoms with Crippen LogP contribution in [-0.4, -0.2) is 73.0 Å². The second-order valence-corrected chi connectivity index (χ2v) is 10.4. The first-order valence-electron chi connectivity index (χ1n) is 14.2. The van der Waals surface area contributed by atoms with Gasteiger partial charge in [-0.25, -0.2) is 0 Å². The highest BCUT2D eigenvalue weighted by Crippen LogP contribution is 2.28. The number of rotatable bonds is 17. The van der Waals surface area contributed by atoms with Gasteiger partial charge in [0.25, 0.3) is 5.91 Å². The Hall–Kier alpha value is -3.02. The molecule has 1 aromatic carbocycles. The molecule has 0 unspecified atom stereocenters. The molecule has 1 heterocycles. The number of nitrogens with two attached hydrogens (primary N) is 1. The maximum absolute atomic E-state index is 12.4. The molecule has 0 radical (unpaired) electrons. The van der Waals surface area contributed by atoms with Crippen LogP contribution in [0.1, 0.15) is 62.4 Å².